The van der Waals surface area contributed by atoms with Crippen molar-refractivity contribution >= 4 is 23.4 Å². The van der Waals surface area contributed by atoms with Crippen molar-refractivity contribution in [2.45, 2.75) is 12.6 Å². The van der Waals surface area contributed by atoms with Crippen LogP contribution in [0.5, 0.6) is 11.5 Å². The van der Waals surface area contributed by atoms with Crippen LogP contribution < -0.4 is 9.47 Å². The van der Waals surface area contributed by atoms with Crippen LogP contribution in [0.4, 0.5) is 0 Å². The second kappa shape index (κ2) is 9.72. The van der Waals surface area contributed by atoms with Crippen molar-refractivity contribution in [1.82, 2.24) is 4.90 Å². The maximum absolute atomic E-state index is 13.2. The highest BCUT2D eigenvalue weighted by Crippen LogP contribution is 2.41. The zero-order chi connectivity index (χ0) is 25.1. The molecular weight excluding hydrogens is 450 g/mol. The minimum absolute atomic E-state index is 0.0378. The number of hydrogen-bond acceptors (Lipinski definition) is 6. The number of ketones is 1. The molecule has 178 valence electrons. The quantitative estimate of drug-likeness (QED) is 0.303. The van der Waals surface area contributed by atoms with Gasteiger partial charge >= 0.3 is 5.97 Å². The fourth-order valence-electron chi connectivity index (χ4n) is 4.05. The molecule has 0 radical (unpaired) electrons. The predicted octanol–water partition coefficient (Wildman–Crippen LogP) is 4.02. The molecule has 35 heavy (non-hydrogen) atoms. The van der Waals surface area contributed by atoms with Gasteiger partial charge in [0.1, 0.15) is 17.3 Å². The van der Waals surface area contributed by atoms with E-state index in [1.165, 1.54) is 31.3 Å². The van der Waals surface area contributed by atoms with Gasteiger partial charge in [0, 0.05) is 12.1 Å². The number of likely N-dealkylation sites (tertiary alicyclic amines) is 1. The molecule has 4 rings (SSSR count). The van der Waals surface area contributed by atoms with Crippen molar-refractivity contribution in [1.29, 1.82) is 0 Å². The molecule has 8 nitrogen and oxygen atoms in total. The average molecular weight is 473 g/mol. The van der Waals surface area contributed by atoms with Gasteiger partial charge in [-0.05, 0) is 47.5 Å². The van der Waals surface area contributed by atoms with E-state index in [0.717, 1.165) is 0 Å². The number of rotatable bonds is 7. The summed E-state index contributed by atoms with van der Waals surface area (Å²) in [7, 11) is 3.02. The Morgan fingerprint density at radius 2 is 1.51 bits per heavy atom. The number of amides is 1. The lowest BCUT2D eigenvalue weighted by Crippen LogP contribution is -2.29. The minimum atomic E-state index is -1.06. The maximum Gasteiger partial charge on any atom is 0.335 e. The molecule has 8 heteroatoms. The van der Waals surface area contributed by atoms with Crippen LogP contribution in [0.2, 0.25) is 0 Å². The van der Waals surface area contributed by atoms with Crippen LogP contribution in [0.3, 0.4) is 0 Å². The molecule has 0 saturated carbocycles. The number of ether oxygens (including phenoxy) is 2. The maximum atomic E-state index is 13.2. The molecule has 3 aromatic carbocycles. The van der Waals surface area contributed by atoms with Crippen LogP contribution in [0.15, 0.2) is 78.4 Å². The van der Waals surface area contributed by atoms with E-state index in [0.29, 0.717) is 28.2 Å². The van der Waals surface area contributed by atoms with Crippen molar-refractivity contribution in [3.8, 4) is 11.5 Å². The van der Waals surface area contributed by atoms with Gasteiger partial charge in [0.2, 0.25) is 0 Å². The summed E-state index contributed by atoms with van der Waals surface area (Å²) in [6.45, 7) is 0.0378. The molecule has 1 fully saturated rings. The number of aromatic carboxylic acids is 1. The molecule has 1 aliphatic rings. The monoisotopic (exact) mass is 473 g/mol. The van der Waals surface area contributed by atoms with Gasteiger partial charge < -0.3 is 24.6 Å². The molecule has 0 aliphatic carbocycles. The first-order valence-electron chi connectivity index (χ1n) is 10.7. The van der Waals surface area contributed by atoms with Crippen LogP contribution in [-0.2, 0) is 16.1 Å². The number of aliphatic hydroxyl groups excluding tert-OH is 1. The first-order chi connectivity index (χ1) is 16.8. The Labute approximate surface area is 201 Å². The average Bonchev–Trinajstić information content (AvgIpc) is 3.13. The van der Waals surface area contributed by atoms with Gasteiger partial charge in [-0.3, -0.25) is 9.59 Å². The molecule has 1 aliphatic heterocycles. The third kappa shape index (κ3) is 4.59. The van der Waals surface area contributed by atoms with Crippen LogP contribution in [0.25, 0.3) is 5.76 Å². The second-order valence-corrected chi connectivity index (χ2v) is 7.93. The van der Waals surface area contributed by atoms with Crippen molar-refractivity contribution < 1.29 is 34.1 Å². The fourth-order valence-corrected chi connectivity index (χ4v) is 4.05. The molecule has 1 heterocycles. The molecule has 0 spiro atoms. The third-order valence-electron chi connectivity index (χ3n) is 5.87. The van der Waals surface area contributed by atoms with Gasteiger partial charge in [-0.1, -0.05) is 36.4 Å². The molecule has 2 N–H and O–H groups in total. The number of Topliss-reactive ketones (excluding diaryl/α,β-unsaturated/α-hetero) is 1. The lowest BCUT2D eigenvalue weighted by atomic mass is 9.95. The Balaban J connectivity index is 1.82. The second-order valence-electron chi connectivity index (χ2n) is 7.93. The van der Waals surface area contributed by atoms with E-state index in [-0.39, 0.29) is 23.4 Å². The lowest BCUT2D eigenvalue weighted by molar-refractivity contribution is -0.140. The summed E-state index contributed by atoms with van der Waals surface area (Å²) in [5, 5.41) is 20.3. The Morgan fingerprint density at radius 1 is 0.857 bits per heavy atom. The molecule has 1 amide bonds. The Morgan fingerprint density at radius 3 is 2.11 bits per heavy atom. The summed E-state index contributed by atoms with van der Waals surface area (Å²) in [5.41, 5.74) is 1.65. The zero-order valence-electron chi connectivity index (χ0n) is 19.1. The van der Waals surface area contributed by atoms with E-state index in [2.05, 4.69) is 0 Å². The predicted molar refractivity (Wildman–Crippen MR) is 127 cm³/mol. The van der Waals surface area contributed by atoms with E-state index in [1.807, 2.05) is 0 Å². The smallest absolute Gasteiger partial charge is 0.335 e. The lowest BCUT2D eigenvalue weighted by Gasteiger charge is -2.25. The highest BCUT2D eigenvalue weighted by molar-refractivity contribution is 6.46. The Kier molecular flexibility index (Phi) is 6.55. The van der Waals surface area contributed by atoms with Gasteiger partial charge in [-0.2, -0.15) is 0 Å². The minimum Gasteiger partial charge on any atom is -0.507 e. The van der Waals surface area contributed by atoms with Gasteiger partial charge in [0.15, 0.2) is 0 Å². The number of benzene rings is 3. The molecule has 1 unspecified atom stereocenters. The fraction of sp³-hybridized carbons (Fsp3) is 0.148. The van der Waals surface area contributed by atoms with Gasteiger partial charge in [-0.15, -0.1) is 0 Å². The molecule has 1 saturated heterocycles. The number of aliphatic hydroxyl groups is 1. The SMILES string of the molecule is COc1ccc(C2/C(=C(\O)c3cccc(OC)c3)C(=O)C(=O)N2Cc2ccc(C(=O)O)cc2)cc1. The highest BCUT2D eigenvalue weighted by Gasteiger charge is 2.46. The summed E-state index contributed by atoms with van der Waals surface area (Å²) in [6.07, 6.45) is 0. The summed E-state index contributed by atoms with van der Waals surface area (Å²) >= 11 is 0. The molecule has 3 aromatic rings. The standard InChI is InChI=1S/C27H23NO7/c1-34-20-12-10-17(11-13-20)23-22(24(29)19-4-3-5-21(14-19)35-2)25(30)26(31)28(23)15-16-6-8-18(9-7-16)27(32)33/h3-14,23,29H,15H2,1-2H3,(H,32,33)/b24-22+. The van der Waals surface area contributed by atoms with Crippen molar-refractivity contribution in [2.75, 3.05) is 14.2 Å². The van der Waals surface area contributed by atoms with E-state index < -0.39 is 23.7 Å². The number of carbonyl (C=O) groups excluding carboxylic acids is 2. The normalized spacial score (nSPS) is 16.9. The highest BCUT2D eigenvalue weighted by atomic mass is 16.5. The summed E-state index contributed by atoms with van der Waals surface area (Å²) in [4.78, 5) is 38.9. The van der Waals surface area contributed by atoms with E-state index in [1.54, 1.807) is 60.7 Å². The zero-order valence-corrected chi connectivity index (χ0v) is 19.1. The number of carbonyl (C=O) groups is 3. The molecule has 0 aromatic heterocycles. The van der Waals surface area contributed by atoms with E-state index >= 15 is 0 Å². The molecule has 1 atom stereocenters. The Hall–Kier alpha value is -4.59. The number of nitrogens with zero attached hydrogens (tertiary/aromatic N) is 1. The first kappa shape index (κ1) is 23.6. The van der Waals surface area contributed by atoms with Gasteiger partial charge in [-0.25, -0.2) is 4.79 Å². The summed E-state index contributed by atoms with van der Waals surface area (Å²) < 4.78 is 10.5. The van der Waals surface area contributed by atoms with Crippen LogP contribution >= 0.6 is 0 Å². The summed E-state index contributed by atoms with van der Waals surface area (Å²) in [5.74, 6) is -1.86. The third-order valence-corrected chi connectivity index (χ3v) is 5.87. The number of carboxylic acids is 1. The number of methoxy groups -OCH3 is 2. The molecule has 0 bridgehead atoms. The number of carboxylic acid groups (broad SMARTS) is 1. The van der Waals surface area contributed by atoms with Gasteiger partial charge in [0.25, 0.3) is 11.7 Å². The first-order valence-corrected chi connectivity index (χ1v) is 10.7. The largest absolute Gasteiger partial charge is 0.507 e. The Bertz CT molecular complexity index is 1310. The van der Waals surface area contributed by atoms with Gasteiger partial charge in [0.05, 0.1) is 31.4 Å². The van der Waals surface area contributed by atoms with Crippen LogP contribution in [-0.4, -0.2) is 47.0 Å². The van der Waals surface area contributed by atoms with Crippen molar-refractivity contribution in [2.24, 2.45) is 0 Å². The molecular formula is C27H23NO7. The van der Waals surface area contributed by atoms with E-state index in [4.69, 9.17) is 14.6 Å². The number of hydrogen-bond donors (Lipinski definition) is 2. The van der Waals surface area contributed by atoms with Crippen LogP contribution in [0.1, 0.15) is 33.1 Å². The topological polar surface area (TPSA) is 113 Å². The summed E-state index contributed by atoms with van der Waals surface area (Å²) in [6, 6.07) is 18.7. The van der Waals surface area contributed by atoms with Crippen molar-refractivity contribution in [3.63, 3.8) is 0 Å². The van der Waals surface area contributed by atoms with Crippen LogP contribution in [0, 0.1) is 0 Å². The van der Waals surface area contributed by atoms with Crippen molar-refractivity contribution in [3.05, 3.63) is 101 Å². The van der Waals surface area contributed by atoms with E-state index in [9.17, 15) is 19.5 Å².